The molecule has 0 amide bonds. The summed E-state index contributed by atoms with van der Waals surface area (Å²) >= 11 is 0. The predicted molar refractivity (Wildman–Crippen MR) is 100 cm³/mol. The highest BCUT2D eigenvalue weighted by Crippen LogP contribution is 2.24. The van der Waals surface area contributed by atoms with Gasteiger partial charge in [-0.1, -0.05) is 6.07 Å². The van der Waals surface area contributed by atoms with Crippen molar-refractivity contribution in [2.45, 2.75) is 50.6 Å². The highest BCUT2D eigenvalue weighted by Gasteiger charge is 2.19. The van der Waals surface area contributed by atoms with E-state index in [2.05, 4.69) is 14.7 Å². The van der Waals surface area contributed by atoms with Gasteiger partial charge in [0.05, 0.1) is 11.4 Å². The number of sulfonamides is 1. The first-order valence-electron chi connectivity index (χ1n) is 9.00. The van der Waals surface area contributed by atoms with E-state index in [0.717, 1.165) is 36.0 Å². The Labute approximate surface area is 153 Å². The molecular weight excluding hydrogens is 348 g/mol. The average Bonchev–Trinajstić information content (AvgIpc) is 3.03. The molecule has 0 fully saturated rings. The topological polar surface area (TPSA) is 76.9 Å². The minimum atomic E-state index is -3.58. The van der Waals surface area contributed by atoms with Gasteiger partial charge in [0.1, 0.15) is 11.3 Å². The summed E-state index contributed by atoms with van der Waals surface area (Å²) in [6, 6.07) is 9.19. The van der Waals surface area contributed by atoms with Crippen LogP contribution in [0.3, 0.4) is 0 Å². The molecule has 1 aromatic carbocycles. The molecule has 26 heavy (non-hydrogen) atoms. The van der Waals surface area contributed by atoms with Crippen LogP contribution in [0.2, 0.25) is 0 Å². The molecule has 0 aliphatic heterocycles. The van der Waals surface area contributed by atoms with Crippen molar-refractivity contribution in [3.05, 3.63) is 53.5 Å². The van der Waals surface area contributed by atoms with Crippen LogP contribution in [0.5, 0.6) is 0 Å². The Kier molecular flexibility index (Phi) is 4.50. The van der Waals surface area contributed by atoms with E-state index < -0.39 is 10.0 Å². The van der Waals surface area contributed by atoms with E-state index in [4.69, 9.17) is 0 Å². The van der Waals surface area contributed by atoms with E-state index in [0.29, 0.717) is 17.3 Å². The predicted octanol–water partition coefficient (Wildman–Crippen LogP) is 2.81. The van der Waals surface area contributed by atoms with Crippen LogP contribution in [0.15, 0.2) is 41.4 Å². The number of benzene rings is 1. The molecule has 4 rings (SSSR count). The summed E-state index contributed by atoms with van der Waals surface area (Å²) in [6.45, 7) is 2.82. The zero-order valence-corrected chi connectivity index (χ0v) is 15.6. The highest BCUT2D eigenvalue weighted by atomic mass is 32.2. The van der Waals surface area contributed by atoms with Gasteiger partial charge in [0, 0.05) is 12.7 Å². The molecule has 6 nitrogen and oxygen atoms in total. The first-order valence-corrected chi connectivity index (χ1v) is 10.5. The largest absolute Gasteiger partial charge is 0.312 e. The number of hydrogen-bond acceptors (Lipinski definition) is 4. The van der Waals surface area contributed by atoms with Crippen LogP contribution in [-0.2, 0) is 36.0 Å². The SMILES string of the molecule is CCn1c(CNS(=O)(=O)c2ccc3c(c2)CCCC3)nc2cccnc21. The Hall–Kier alpha value is -2.25. The van der Waals surface area contributed by atoms with Gasteiger partial charge in [-0.05, 0) is 68.0 Å². The molecule has 0 spiro atoms. The second kappa shape index (κ2) is 6.81. The van der Waals surface area contributed by atoms with Crippen LogP contribution < -0.4 is 4.72 Å². The minimum Gasteiger partial charge on any atom is -0.312 e. The number of imidazole rings is 1. The van der Waals surface area contributed by atoms with Gasteiger partial charge in [-0.15, -0.1) is 0 Å². The first kappa shape index (κ1) is 17.2. The standard InChI is InChI=1S/C19H22N4O2S/c1-2-23-18(22-17-8-5-11-20-19(17)23)13-21-26(24,25)16-10-9-14-6-3-4-7-15(14)12-16/h5,8-12,21H,2-4,6-7,13H2,1H3. The number of rotatable bonds is 5. The van der Waals surface area contributed by atoms with Gasteiger partial charge < -0.3 is 4.57 Å². The zero-order chi connectivity index (χ0) is 18.1. The Morgan fingerprint density at radius 1 is 1.15 bits per heavy atom. The van der Waals surface area contributed by atoms with Crippen LogP contribution in [0.25, 0.3) is 11.2 Å². The van der Waals surface area contributed by atoms with Crippen molar-refractivity contribution in [1.29, 1.82) is 0 Å². The molecular formula is C19H22N4O2S. The van der Waals surface area contributed by atoms with E-state index in [9.17, 15) is 8.42 Å². The average molecular weight is 370 g/mol. The number of nitrogens with one attached hydrogen (secondary N) is 1. The third-order valence-corrected chi connectivity index (χ3v) is 6.35. The Morgan fingerprint density at radius 2 is 1.96 bits per heavy atom. The Bertz CT molecular complexity index is 1060. The number of aryl methyl sites for hydroxylation is 3. The van der Waals surface area contributed by atoms with Gasteiger partial charge in [-0.25, -0.2) is 23.1 Å². The van der Waals surface area contributed by atoms with Crippen LogP contribution in [0.4, 0.5) is 0 Å². The van der Waals surface area contributed by atoms with Crippen molar-refractivity contribution < 1.29 is 8.42 Å². The van der Waals surface area contributed by atoms with E-state index in [-0.39, 0.29) is 6.54 Å². The maximum absolute atomic E-state index is 12.7. The van der Waals surface area contributed by atoms with E-state index in [1.165, 1.54) is 12.0 Å². The molecule has 1 N–H and O–H groups in total. The number of aromatic nitrogens is 3. The molecule has 1 aliphatic carbocycles. The molecule has 2 heterocycles. The summed E-state index contributed by atoms with van der Waals surface area (Å²) in [6.07, 6.45) is 6.01. The lowest BCUT2D eigenvalue weighted by Crippen LogP contribution is -2.25. The number of fused-ring (bicyclic) bond motifs is 2. The van der Waals surface area contributed by atoms with Gasteiger partial charge in [0.25, 0.3) is 0 Å². The Morgan fingerprint density at radius 3 is 2.77 bits per heavy atom. The van der Waals surface area contributed by atoms with Gasteiger partial charge in [0.15, 0.2) is 5.65 Å². The minimum absolute atomic E-state index is 0.142. The molecule has 136 valence electrons. The molecule has 2 aromatic heterocycles. The fourth-order valence-corrected chi connectivity index (χ4v) is 4.62. The second-order valence-electron chi connectivity index (χ2n) is 6.58. The summed E-state index contributed by atoms with van der Waals surface area (Å²) in [4.78, 5) is 9.20. The van der Waals surface area contributed by atoms with Crippen molar-refractivity contribution in [3.63, 3.8) is 0 Å². The number of nitrogens with zero attached hydrogens (tertiary/aromatic N) is 3. The summed E-state index contributed by atoms with van der Waals surface area (Å²) in [5.74, 6) is 0.669. The molecule has 1 aliphatic rings. The fraction of sp³-hybridized carbons (Fsp3) is 0.368. The molecule has 0 radical (unpaired) electrons. The van der Waals surface area contributed by atoms with Crippen molar-refractivity contribution in [2.75, 3.05) is 0 Å². The second-order valence-corrected chi connectivity index (χ2v) is 8.35. The smallest absolute Gasteiger partial charge is 0.240 e. The normalized spacial score (nSPS) is 14.5. The van der Waals surface area contributed by atoms with Gasteiger partial charge in [-0.2, -0.15) is 0 Å². The van der Waals surface area contributed by atoms with Crippen LogP contribution in [-0.4, -0.2) is 23.0 Å². The fourth-order valence-electron chi connectivity index (χ4n) is 3.59. The summed E-state index contributed by atoms with van der Waals surface area (Å²) < 4.78 is 30.1. The maximum atomic E-state index is 12.7. The van der Waals surface area contributed by atoms with Crippen molar-refractivity contribution in [2.24, 2.45) is 0 Å². The molecule has 0 unspecified atom stereocenters. The van der Waals surface area contributed by atoms with E-state index >= 15 is 0 Å². The molecule has 3 aromatic rings. The summed E-state index contributed by atoms with van der Waals surface area (Å²) in [7, 11) is -3.58. The number of hydrogen-bond donors (Lipinski definition) is 1. The molecule has 0 bridgehead atoms. The lowest BCUT2D eigenvalue weighted by Gasteiger charge is -2.16. The van der Waals surface area contributed by atoms with E-state index in [1.54, 1.807) is 12.3 Å². The van der Waals surface area contributed by atoms with Crippen LogP contribution in [0, 0.1) is 0 Å². The number of pyridine rings is 1. The lowest BCUT2D eigenvalue weighted by molar-refractivity contribution is 0.575. The Balaban J connectivity index is 1.59. The molecule has 0 saturated carbocycles. The van der Waals surface area contributed by atoms with Crippen molar-refractivity contribution in [3.8, 4) is 0 Å². The first-order chi connectivity index (χ1) is 12.6. The highest BCUT2D eigenvalue weighted by molar-refractivity contribution is 7.89. The third-order valence-electron chi connectivity index (χ3n) is 4.95. The lowest BCUT2D eigenvalue weighted by atomic mass is 9.92. The quantitative estimate of drug-likeness (QED) is 0.749. The molecule has 0 saturated heterocycles. The third kappa shape index (κ3) is 3.12. The molecule has 0 atom stereocenters. The van der Waals surface area contributed by atoms with Gasteiger partial charge in [0.2, 0.25) is 10.0 Å². The van der Waals surface area contributed by atoms with E-state index in [1.807, 2.05) is 35.8 Å². The monoisotopic (exact) mass is 370 g/mol. The zero-order valence-electron chi connectivity index (χ0n) is 14.8. The van der Waals surface area contributed by atoms with Gasteiger partial charge >= 0.3 is 0 Å². The van der Waals surface area contributed by atoms with Gasteiger partial charge in [-0.3, -0.25) is 0 Å². The van der Waals surface area contributed by atoms with Crippen molar-refractivity contribution >= 4 is 21.2 Å². The maximum Gasteiger partial charge on any atom is 0.240 e. The van der Waals surface area contributed by atoms with Crippen LogP contribution >= 0.6 is 0 Å². The summed E-state index contributed by atoms with van der Waals surface area (Å²) in [5, 5.41) is 0. The van der Waals surface area contributed by atoms with Crippen molar-refractivity contribution in [1.82, 2.24) is 19.3 Å². The summed E-state index contributed by atoms with van der Waals surface area (Å²) in [5.41, 5.74) is 3.98. The van der Waals surface area contributed by atoms with Crippen LogP contribution in [0.1, 0.15) is 36.7 Å². The molecule has 7 heteroatoms.